The van der Waals surface area contributed by atoms with Crippen molar-refractivity contribution in [3.63, 3.8) is 0 Å². The molecule has 3 rings (SSSR count). The van der Waals surface area contributed by atoms with Gasteiger partial charge in [0.2, 0.25) is 11.8 Å². The van der Waals surface area contributed by atoms with Crippen LogP contribution >= 0.6 is 0 Å². The highest BCUT2D eigenvalue weighted by Gasteiger charge is 2.07. The number of benzene rings is 2. The van der Waals surface area contributed by atoms with Crippen molar-refractivity contribution >= 4 is 29.5 Å². The van der Waals surface area contributed by atoms with Crippen LogP contribution in [0.5, 0.6) is 0 Å². The van der Waals surface area contributed by atoms with Crippen molar-refractivity contribution in [2.75, 3.05) is 36.8 Å². The van der Waals surface area contributed by atoms with Gasteiger partial charge in [0.15, 0.2) is 5.82 Å². The van der Waals surface area contributed by atoms with Gasteiger partial charge in [-0.3, -0.25) is 9.59 Å². The maximum absolute atomic E-state index is 12.1. The summed E-state index contributed by atoms with van der Waals surface area (Å²) in [7, 11) is 0. The van der Waals surface area contributed by atoms with Crippen molar-refractivity contribution in [1.82, 2.24) is 20.6 Å². The third-order valence-corrected chi connectivity index (χ3v) is 4.73. The maximum Gasteiger partial charge on any atom is 0.223 e. The minimum Gasteiger partial charge on any atom is -0.368 e. The number of anilines is 2. The lowest BCUT2D eigenvalue weighted by Gasteiger charge is -2.12. The molecule has 0 aliphatic rings. The van der Waals surface area contributed by atoms with Crippen LogP contribution in [-0.2, 0) is 9.59 Å². The van der Waals surface area contributed by atoms with Crippen LogP contribution in [0.2, 0.25) is 0 Å². The van der Waals surface area contributed by atoms with Crippen molar-refractivity contribution in [1.29, 1.82) is 0 Å². The third-order valence-electron chi connectivity index (χ3n) is 4.73. The molecular weight excluding hydrogens is 428 g/mol. The normalized spacial score (nSPS) is 10.6. The second kappa shape index (κ2) is 13.4. The Kier molecular flexibility index (Phi) is 9.61. The van der Waals surface area contributed by atoms with Crippen LogP contribution in [0.4, 0.5) is 11.6 Å². The molecule has 34 heavy (non-hydrogen) atoms. The van der Waals surface area contributed by atoms with Gasteiger partial charge in [-0.15, -0.1) is 0 Å². The molecule has 1 heterocycles. The first kappa shape index (κ1) is 24.4. The van der Waals surface area contributed by atoms with Gasteiger partial charge < -0.3 is 21.3 Å². The second-order valence-corrected chi connectivity index (χ2v) is 7.53. The summed E-state index contributed by atoms with van der Waals surface area (Å²) in [4.78, 5) is 32.3. The Labute approximate surface area is 199 Å². The smallest absolute Gasteiger partial charge is 0.223 e. The molecule has 2 aromatic carbocycles. The van der Waals surface area contributed by atoms with E-state index in [1.807, 2.05) is 78.9 Å². The standard InChI is InChI=1S/C26H30N6O2/c1-20(33)27-15-16-28-23-19-24(32-26(31-23)22-12-6-3-7-13-22)29-17-18-30-25(34)14-8-11-21-9-4-2-5-10-21/h2-13,19H,14-18H2,1H3,(H,27,33)(H,30,34)(H2,28,29,31,32)/b11-8+. The van der Waals surface area contributed by atoms with Crippen LogP contribution < -0.4 is 21.3 Å². The van der Waals surface area contributed by atoms with Gasteiger partial charge in [-0.05, 0) is 5.56 Å². The van der Waals surface area contributed by atoms with E-state index in [-0.39, 0.29) is 11.8 Å². The van der Waals surface area contributed by atoms with Crippen LogP contribution in [-0.4, -0.2) is 48.0 Å². The Morgan fingerprint density at radius 3 is 2.00 bits per heavy atom. The van der Waals surface area contributed by atoms with Gasteiger partial charge in [0, 0.05) is 51.2 Å². The highest BCUT2D eigenvalue weighted by molar-refractivity contribution is 5.78. The molecule has 0 aliphatic carbocycles. The number of nitrogens with zero attached hydrogens (tertiary/aromatic N) is 2. The average molecular weight is 459 g/mol. The summed E-state index contributed by atoms with van der Waals surface area (Å²) in [6.07, 6.45) is 4.11. The highest BCUT2D eigenvalue weighted by atomic mass is 16.2. The Balaban J connectivity index is 1.52. The van der Waals surface area contributed by atoms with E-state index in [1.165, 1.54) is 6.92 Å². The molecule has 4 N–H and O–H groups in total. The van der Waals surface area contributed by atoms with Gasteiger partial charge in [-0.2, -0.15) is 0 Å². The largest absolute Gasteiger partial charge is 0.368 e. The van der Waals surface area contributed by atoms with E-state index in [9.17, 15) is 9.59 Å². The van der Waals surface area contributed by atoms with Gasteiger partial charge in [0.25, 0.3) is 0 Å². The van der Waals surface area contributed by atoms with E-state index < -0.39 is 0 Å². The summed E-state index contributed by atoms with van der Waals surface area (Å²) >= 11 is 0. The summed E-state index contributed by atoms with van der Waals surface area (Å²) < 4.78 is 0. The molecule has 0 unspecified atom stereocenters. The molecule has 3 aromatic rings. The molecular formula is C26H30N6O2. The van der Waals surface area contributed by atoms with E-state index in [0.717, 1.165) is 11.1 Å². The number of nitrogens with one attached hydrogen (secondary N) is 4. The van der Waals surface area contributed by atoms with E-state index in [0.29, 0.717) is 50.1 Å². The molecule has 0 saturated carbocycles. The van der Waals surface area contributed by atoms with Gasteiger partial charge >= 0.3 is 0 Å². The monoisotopic (exact) mass is 458 g/mol. The molecule has 1 aromatic heterocycles. The van der Waals surface area contributed by atoms with Crippen LogP contribution in [0.15, 0.2) is 72.8 Å². The van der Waals surface area contributed by atoms with E-state index >= 15 is 0 Å². The summed E-state index contributed by atoms with van der Waals surface area (Å²) in [6.45, 7) is 3.50. The zero-order valence-corrected chi connectivity index (χ0v) is 19.3. The zero-order chi connectivity index (χ0) is 24.0. The Morgan fingerprint density at radius 1 is 0.794 bits per heavy atom. The Bertz CT molecular complexity index is 1090. The highest BCUT2D eigenvalue weighted by Crippen LogP contribution is 2.19. The van der Waals surface area contributed by atoms with Gasteiger partial charge in [0.05, 0.1) is 0 Å². The number of amides is 2. The molecule has 8 nitrogen and oxygen atoms in total. The van der Waals surface area contributed by atoms with Crippen LogP contribution in [0.25, 0.3) is 17.5 Å². The van der Waals surface area contributed by atoms with Crippen molar-refractivity contribution in [2.45, 2.75) is 13.3 Å². The lowest BCUT2D eigenvalue weighted by atomic mass is 10.2. The van der Waals surface area contributed by atoms with Crippen molar-refractivity contribution in [3.05, 3.63) is 78.4 Å². The lowest BCUT2D eigenvalue weighted by molar-refractivity contribution is -0.120. The first-order valence-corrected chi connectivity index (χ1v) is 11.2. The molecule has 0 saturated heterocycles. The summed E-state index contributed by atoms with van der Waals surface area (Å²) in [5, 5.41) is 12.1. The van der Waals surface area contributed by atoms with Crippen LogP contribution in [0.3, 0.4) is 0 Å². The molecule has 2 amide bonds. The van der Waals surface area contributed by atoms with Gasteiger partial charge in [0.1, 0.15) is 11.6 Å². The molecule has 0 spiro atoms. The zero-order valence-electron chi connectivity index (χ0n) is 19.3. The number of carbonyl (C=O) groups excluding carboxylic acids is 2. The van der Waals surface area contributed by atoms with E-state index in [1.54, 1.807) is 0 Å². The van der Waals surface area contributed by atoms with Crippen LogP contribution in [0.1, 0.15) is 18.9 Å². The number of hydrogen-bond donors (Lipinski definition) is 4. The molecule has 176 valence electrons. The second-order valence-electron chi connectivity index (χ2n) is 7.53. The minimum atomic E-state index is -0.0746. The Morgan fingerprint density at radius 2 is 1.38 bits per heavy atom. The number of rotatable bonds is 12. The Hall–Kier alpha value is -4.20. The summed E-state index contributed by atoms with van der Waals surface area (Å²) in [6, 6.07) is 21.4. The molecule has 0 aliphatic heterocycles. The number of hydrogen-bond acceptors (Lipinski definition) is 6. The molecule has 0 bridgehead atoms. The maximum atomic E-state index is 12.1. The molecule has 0 radical (unpaired) electrons. The fourth-order valence-corrected chi connectivity index (χ4v) is 3.10. The molecule has 0 atom stereocenters. The first-order valence-electron chi connectivity index (χ1n) is 11.2. The number of carbonyl (C=O) groups is 2. The SMILES string of the molecule is CC(=O)NCCNc1cc(NCCNC(=O)C/C=C/c2ccccc2)nc(-c2ccccc2)n1. The van der Waals surface area contributed by atoms with Gasteiger partial charge in [-0.25, -0.2) is 9.97 Å². The summed E-state index contributed by atoms with van der Waals surface area (Å²) in [5.41, 5.74) is 1.96. The van der Waals surface area contributed by atoms with Crippen molar-refractivity contribution < 1.29 is 9.59 Å². The topological polar surface area (TPSA) is 108 Å². The van der Waals surface area contributed by atoms with Crippen LogP contribution in [0, 0.1) is 0 Å². The lowest BCUT2D eigenvalue weighted by Crippen LogP contribution is -2.28. The minimum absolute atomic E-state index is 0.0398. The third kappa shape index (κ3) is 8.74. The summed E-state index contributed by atoms with van der Waals surface area (Å²) in [5.74, 6) is 1.77. The predicted molar refractivity (Wildman–Crippen MR) is 136 cm³/mol. The quantitative estimate of drug-likeness (QED) is 0.310. The van der Waals surface area contributed by atoms with E-state index in [4.69, 9.17) is 0 Å². The van der Waals surface area contributed by atoms with Crippen molar-refractivity contribution in [3.8, 4) is 11.4 Å². The average Bonchev–Trinajstić information content (AvgIpc) is 2.85. The van der Waals surface area contributed by atoms with Gasteiger partial charge in [-0.1, -0.05) is 72.8 Å². The fraction of sp³-hybridized carbons (Fsp3) is 0.231. The van der Waals surface area contributed by atoms with Crippen molar-refractivity contribution in [2.24, 2.45) is 0 Å². The molecule has 8 heteroatoms. The first-order chi connectivity index (χ1) is 16.6. The van der Waals surface area contributed by atoms with E-state index in [2.05, 4.69) is 31.2 Å². The molecule has 0 fully saturated rings. The number of aromatic nitrogens is 2. The fourth-order valence-electron chi connectivity index (χ4n) is 3.10. The predicted octanol–water partition coefficient (Wildman–Crippen LogP) is 3.32.